The van der Waals surface area contributed by atoms with Gasteiger partial charge in [0.25, 0.3) is 5.91 Å². The lowest BCUT2D eigenvalue weighted by atomic mass is 9.95. The summed E-state index contributed by atoms with van der Waals surface area (Å²) in [5.74, 6) is 2.45. The number of nitrogens with zero attached hydrogens (tertiary/aromatic N) is 4. The third-order valence-electron chi connectivity index (χ3n) is 9.38. The van der Waals surface area contributed by atoms with Crippen LogP contribution in [0.4, 0.5) is 5.69 Å². The van der Waals surface area contributed by atoms with E-state index in [9.17, 15) is 4.79 Å². The van der Waals surface area contributed by atoms with Gasteiger partial charge in [-0.3, -0.25) is 4.79 Å². The molecule has 4 atom stereocenters. The number of aliphatic imine (C=N–C) groups is 1. The first-order valence-electron chi connectivity index (χ1n) is 14.6. The Morgan fingerprint density at radius 1 is 1.18 bits per heavy atom. The Morgan fingerprint density at radius 2 is 2.05 bits per heavy atom. The maximum atomic E-state index is 13.8. The van der Waals surface area contributed by atoms with Crippen molar-refractivity contribution < 1.29 is 14.3 Å². The van der Waals surface area contributed by atoms with Crippen LogP contribution in [-0.4, -0.2) is 65.1 Å². The SMILES string of the molecule is COc1cc(C(=O)N2C[C@H]3CC[C@@H]2C3N)cc(/N=C(\N)c2cc3cccnc3n2CC2CC2)c1C[C@@H]1CCOC1. The number of nitrogens with two attached hydrogens (primary N) is 2. The number of methoxy groups -OCH3 is 1. The molecule has 1 amide bonds. The second-order valence-corrected chi connectivity index (χ2v) is 12.0. The lowest BCUT2D eigenvalue weighted by Crippen LogP contribution is -2.41. The zero-order valence-corrected chi connectivity index (χ0v) is 23.1. The first-order chi connectivity index (χ1) is 19.5. The molecule has 2 saturated carbocycles. The van der Waals surface area contributed by atoms with Crippen LogP contribution in [0.25, 0.3) is 11.0 Å². The number of amidine groups is 1. The predicted octanol–water partition coefficient (Wildman–Crippen LogP) is 3.63. The van der Waals surface area contributed by atoms with E-state index in [2.05, 4.69) is 21.7 Å². The molecule has 4 aliphatic rings. The van der Waals surface area contributed by atoms with E-state index in [1.165, 1.54) is 12.8 Å². The summed E-state index contributed by atoms with van der Waals surface area (Å²) >= 11 is 0. The lowest BCUT2D eigenvalue weighted by Gasteiger charge is -2.28. The number of hydrogen-bond acceptors (Lipinski definition) is 6. The van der Waals surface area contributed by atoms with Gasteiger partial charge in [-0.15, -0.1) is 0 Å². The van der Waals surface area contributed by atoms with Crippen molar-refractivity contribution in [2.24, 2.45) is 34.2 Å². The van der Waals surface area contributed by atoms with Crippen molar-refractivity contribution >= 4 is 28.5 Å². The highest BCUT2D eigenvalue weighted by Crippen LogP contribution is 2.40. The highest BCUT2D eigenvalue weighted by molar-refractivity contribution is 6.02. The van der Waals surface area contributed by atoms with Gasteiger partial charge in [-0.05, 0) is 86.6 Å². The molecule has 9 nitrogen and oxygen atoms in total. The molecule has 7 rings (SSSR count). The molecule has 9 heteroatoms. The third-order valence-corrected chi connectivity index (χ3v) is 9.38. The monoisotopic (exact) mass is 542 g/mol. The summed E-state index contributed by atoms with van der Waals surface area (Å²) in [4.78, 5) is 25.4. The Morgan fingerprint density at radius 3 is 2.75 bits per heavy atom. The van der Waals surface area contributed by atoms with Crippen LogP contribution in [-0.2, 0) is 17.7 Å². The minimum Gasteiger partial charge on any atom is -0.496 e. The van der Waals surface area contributed by atoms with Gasteiger partial charge in [-0.1, -0.05) is 0 Å². The first kappa shape index (κ1) is 25.5. The first-order valence-corrected chi connectivity index (χ1v) is 14.6. The Kier molecular flexibility index (Phi) is 6.51. The highest BCUT2D eigenvalue weighted by Gasteiger charge is 2.47. The van der Waals surface area contributed by atoms with Crippen LogP contribution in [0.3, 0.4) is 0 Å². The second kappa shape index (κ2) is 10.2. The molecular weight excluding hydrogens is 504 g/mol. The standard InChI is InChI=1S/C31H38N6O3/c1-39-27-14-22(31(38)37-16-21-6-7-25(37)28(21)32)12-24(23(27)11-19-8-10-40-17-19)35-29(33)26-13-20-3-2-9-34-30(20)36(26)15-18-4-5-18/h2-3,9,12-14,18-19,21,25,28H,4-8,10-11,15-17,32H2,1H3,(H2,33,35)/t19-,21+,25+,28?/m0/s1. The number of piperidine rings is 1. The molecule has 0 spiro atoms. The van der Waals surface area contributed by atoms with Gasteiger partial charge in [0.05, 0.1) is 18.5 Å². The van der Waals surface area contributed by atoms with Gasteiger partial charge in [0.2, 0.25) is 0 Å². The largest absolute Gasteiger partial charge is 0.496 e. The van der Waals surface area contributed by atoms with Crippen molar-refractivity contribution in [2.75, 3.05) is 26.9 Å². The summed E-state index contributed by atoms with van der Waals surface area (Å²) in [7, 11) is 1.65. The van der Waals surface area contributed by atoms with E-state index in [-0.39, 0.29) is 18.0 Å². The zero-order chi connectivity index (χ0) is 27.4. The van der Waals surface area contributed by atoms with Gasteiger partial charge in [-0.2, -0.15) is 0 Å². The molecular formula is C31H38N6O3. The molecule has 4 N–H and O–H groups in total. The van der Waals surface area contributed by atoms with Gasteiger partial charge < -0.3 is 30.4 Å². The Bertz CT molecular complexity index is 1470. The van der Waals surface area contributed by atoms with Gasteiger partial charge in [0.15, 0.2) is 0 Å². The van der Waals surface area contributed by atoms with Crippen molar-refractivity contribution in [1.29, 1.82) is 0 Å². The van der Waals surface area contributed by atoms with Gasteiger partial charge in [-0.25, -0.2) is 9.98 Å². The topological polar surface area (TPSA) is 121 Å². The van der Waals surface area contributed by atoms with Crippen LogP contribution >= 0.6 is 0 Å². The Balaban J connectivity index is 1.31. The van der Waals surface area contributed by atoms with Gasteiger partial charge in [0, 0.05) is 61.1 Å². The van der Waals surface area contributed by atoms with Crippen LogP contribution in [0.2, 0.25) is 0 Å². The molecule has 2 aromatic heterocycles. The quantitative estimate of drug-likeness (QED) is 0.331. The van der Waals surface area contributed by atoms with Crippen LogP contribution in [0, 0.1) is 17.8 Å². The van der Waals surface area contributed by atoms with Crippen molar-refractivity contribution in [3.8, 4) is 5.75 Å². The van der Waals surface area contributed by atoms with E-state index in [1.807, 2.05) is 29.3 Å². The molecule has 2 saturated heterocycles. The number of hydrogen-bond donors (Lipinski definition) is 2. The summed E-state index contributed by atoms with van der Waals surface area (Å²) in [5, 5.41) is 1.04. The van der Waals surface area contributed by atoms with Crippen LogP contribution in [0.15, 0.2) is 41.5 Å². The van der Waals surface area contributed by atoms with Gasteiger partial charge >= 0.3 is 0 Å². The number of benzene rings is 1. The fraction of sp³-hybridized carbons (Fsp3) is 0.516. The van der Waals surface area contributed by atoms with E-state index in [0.29, 0.717) is 53.7 Å². The maximum Gasteiger partial charge on any atom is 0.254 e. The predicted molar refractivity (Wildman–Crippen MR) is 154 cm³/mol. The fourth-order valence-electron chi connectivity index (χ4n) is 6.95. The van der Waals surface area contributed by atoms with E-state index >= 15 is 0 Å². The molecule has 2 aliphatic carbocycles. The number of amides is 1. The molecule has 2 aliphatic heterocycles. The maximum absolute atomic E-state index is 13.8. The average molecular weight is 543 g/mol. The molecule has 1 unspecified atom stereocenters. The van der Waals surface area contributed by atoms with Crippen molar-refractivity contribution in [3.63, 3.8) is 0 Å². The number of likely N-dealkylation sites (tertiary alicyclic amines) is 1. The van der Waals surface area contributed by atoms with Crippen LogP contribution < -0.4 is 16.2 Å². The normalized spacial score (nSPS) is 26.2. The molecule has 4 fully saturated rings. The second-order valence-electron chi connectivity index (χ2n) is 12.0. The van der Waals surface area contributed by atoms with E-state index in [4.69, 9.17) is 25.9 Å². The van der Waals surface area contributed by atoms with Crippen LogP contribution in [0.1, 0.15) is 53.7 Å². The molecule has 40 heavy (non-hydrogen) atoms. The Hall–Kier alpha value is -3.43. The number of ether oxygens (including phenoxy) is 2. The van der Waals surface area contributed by atoms with Crippen LogP contribution in [0.5, 0.6) is 5.75 Å². The number of aromatic nitrogens is 2. The number of rotatable bonds is 8. The number of fused-ring (bicyclic) bond motifs is 3. The van der Waals surface area contributed by atoms with E-state index in [0.717, 1.165) is 61.1 Å². The minimum absolute atomic E-state index is 0.0150. The summed E-state index contributed by atoms with van der Waals surface area (Å²) in [6.45, 7) is 3.05. The number of pyridine rings is 1. The molecule has 4 heterocycles. The fourth-order valence-corrected chi connectivity index (χ4v) is 6.95. The minimum atomic E-state index is -0.0150. The smallest absolute Gasteiger partial charge is 0.254 e. The summed E-state index contributed by atoms with van der Waals surface area (Å²) < 4.78 is 13.8. The van der Waals surface area contributed by atoms with Crippen molar-refractivity contribution in [2.45, 2.75) is 57.2 Å². The number of carbonyl (C=O) groups excluding carboxylic acids is 1. The van der Waals surface area contributed by atoms with E-state index in [1.54, 1.807) is 7.11 Å². The summed E-state index contributed by atoms with van der Waals surface area (Å²) in [6.07, 6.45) is 8.05. The molecule has 1 aromatic carbocycles. The number of carbonyl (C=O) groups is 1. The lowest BCUT2D eigenvalue weighted by molar-refractivity contribution is 0.0700. The summed E-state index contributed by atoms with van der Waals surface area (Å²) in [5.41, 5.74) is 17.2. The molecule has 0 radical (unpaired) electrons. The zero-order valence-electron chi connectivity index (χ0n) is 23.1. The molecule has 3 aromatic rings. The van der Waals surface area contributed by atoms with Gasteiger partial charge in [0.1, 0.15) is 17.2 Å². The Labute approximate surface area is 234 Å². The summed E-state index contributed by atoms with van der Waals surface area (Å²) in [6, 6.07) is 10.00. The average Bonchev–Trinajstić information content (AvgIpc) is 3.25. The molecule has 2 bridgehead atoms. The molecule has 210 valence electrons. The highest BCUT2D eigenvalue weighted by atomic mass is 16.5. The third kappa shape index (κ3) is 4.55. The van der Waals surface area contributed by atoms with Crippen molar-refractivity contribution in [1.82, 2.24) is 14.5 Å². The van der Waals surface area contributed by atoms with Crippen molar-refractivity contribution in [3.05, 3.63) is 53.3 Å². The van der Waals surface area contributed by atoms with E-state index < -0.39 is 0 Å².